The van der Waals surface area contributed by atoms with Crippen LogP contribution in [0, 0.1) is 11.8 Å². The van der Waals surface area contributed by atoms with E-state index in [1.54, 1.807) is 4.90 Å². The van der Waals surface area contributed by atoms with Gasteiger partial charge in [-0.15, -0.1) is 0 Å². The van der Waals surface area contributed by atoms with Gasteiger partial charge in [-0.05, 0) is 34.6 Å². The first-order chi connectivity index (χ1) is 16.4. The number of carbonyl (C=O) groups excluding carboxylic acids is 2. The lowest BCUT2D eigenvalue weighted by Gasteiger charge is -2.22. The van der Waals surface area contributed by atoms with E-state index in [0.29, 0.717) is 13.0 Å². The van der Waals surface area contributed by atoms with Gasteiger partial charge < -0.3 is 20.1 Å². The zero-order chi connectivity index (χ0) is 24.2. The average molecular weight is 465 g/mol. The molecule has 2 aromatic carbocycles. The molecule has 1 saturated heterocycles. The number of ether oxygens (including phenoxy) is 1. The molecule has 1 fully saturated rings. The van der Waals surface area contributed by atoms with E-state index >= 15 is 0 Å². The number of nitrogens with zero attached hydrogens (tertiary/aromatic N) is 1. The van der Waals surface area contributed by atoms with Gasteiger partial charge in [-0.3, -0.25) is 9.59 Å². The van der Waals surface area contributed by atoms with Crippen LogP contribution in [0.5, 0.6) is 0 Å². The quantitative estimate of drug-likeness (QED) is 0.609. The highest BCUT2D eigenvalue weighted by atomic mass is 16.5. The van der Waals surface area contributed by atoms with E-state index in [1.807, 2.05) is 38.1 Å². The SMILES string of the molecule is CCC[C@H](CC(=O)N1C[C@H](C(=O)O)[C@@H](C)C1)NC(=O)OCC1c2ccccc2-c2ccccc21. The van der Waals surface area contributed by atoms with E-state index in [1.165, 1.54) is 11.1 Å². The minimum Gasteiger partial charge on any atom is -0.481 e. The Balaban J connectivity index is 1.35. The minimum atomic E-state index is -0.871. The molecule has 34 heavy (non-hydrogen) atoms. The van der Waals surface area contributed by atoms with Crippen LogP contribution in [-0.4, -0.2) is 53.7 Å². The molecular weight excluding hydrogens is 432 g/mol. The van der Waals surface area contributed by atoms with Crippen molar-refractivity contribution in [3.05, 3.63) is 59.7 Å². The molecule has 7 heteroatoms. The first-order valence-electron chi connectivity index (χ1n) is 12.0. The molecule has 2 aromatic rings. The predicted octanol–water partition coefficient (Wildman–Crippen LogP) is 4.26. The lowest BCUT2D eigenvalue weighted by molar-refractivity contribution is -0.142. The monoisotopic (exact) mass is 464 g/mol. The summed E-state index contributed by atoms with van der Waals surface area (Å²) in [6, 6.07) is 16.0. The van der Waals surface area contributed by atoms with Crippen LogP contribution in [0.15, 0.2) is 48.5 Å². The maximum atomic E-state index is 12.8. The molecule has 0 unspecified atom stereocenters. The first-order valence-corrected chi connectivity index (χ1v) is 12.0. The van der Waals surface area contributed by atoms with Crippen molar-refractivity contribution >= 4 is 18.0 Å². The molecule has 180 valence electrons. The van der Waals surface area contributed by atoms with Gasteiger partial charge in [0, 0.05) is 31.5 Å². The van der Waals surface area contributed by atoms with Gasteiger partial charge in [0.2, 0.25) is 5.91 Å². The van der Waals surface area contributed by atoms with Crippen molar-refractivity contribution in [3.8, 4) is 11.1 Å². The number of hydrogen-bond donors (Lipinski definition) is 2. The van der Waals surface area contributed by atoms with Crippen molar-refractivity contribution in [1.29, 1.82) is 0 Å². The fourth-order valence-electron chi connectivity index (χ4n) is 5.21. The molecule has 2 N–H and O–H groups in total. The summed E-state index contributed by atoms with van der Waals surface area (Å²) in [5.41, 5.74) is 4.63. The van der Waals surface area contributed by atoms with Crippen LogP contribution in [0.2, 0.25) is 0 Å². The fraction of sp³-hybridized carbons (Fsp3) is 0.444. The number of carboxylic acid groups (broad SMARTS) is 1. The molecule has 0 radical (unpaired) electrons. The number of aliphatic carboxylic acids is 1. The first kappa shape index (κ1) is 23.8. The van der Waals surface area contributed by atoms with Crippen LogP contribution in [-0.2, 0) is 14.3 Å². The van der Waals surface area contributed by atoms with Crippen LogP contribution in [0.25, 0.3) is 11.1 Å². The van der Waals surface area contributed by atoms with Crippen LogP contribution in [0.4, 0.5) is 4.79 Å². The van der Waals surface area contributed by atoms with Gasteiger partial charge in [0.15, 0.2) is 0 Å². The van der Waals surface area contributed by atoms with E-state index < -0.39 is 18.0 Å². The Kier molecular flexibility index (Phi) is 7.20. The van der Waals surface area contributed by atoms with E-state index in [9.17, 15) is 19.5 Å². The zero-order valence-corrected chi connectivity index (χ0v) is 19.7. The second-order valence-electron chi connectivity index (χ2n) is 9.38. The second-order valence-corrected chi connectivity index (χ2v) is 9.38. The molecule has 0 saturated carbocycles. The van der Waals surface area contributed by atoms with Gasteiger partial charge in [-0.1, -0.05) is 68.8 Å². The fourth-order valence-corrected chi connectivity index (χ4v) is 5.21. The van der Waals surface area contributed by atoms with Crippen molar-refractivity contribution in [2.24, 2.45) is 11.8 Å². The number of rotatable bonds is 8. The Morgan fingerprint density at radius 1 is 1.06 bits per heavy atom. The summed E-state index contributed by atoms with van der Waals surface area (Å²) >= 11 is 0. The van der Waals surface area contributed by atoms with Gasteiger partial charge >= 0.3 is 12.1 Å². The van der Waals surface area contributed by atoms with Crippen molar-refractivity contribution in [3.63, 3.8) is 0 Å². The largest absolute Gasteiger partial charge is 0.481 e. The highest BCUT2D eigenvalue weighted by Gasteiger charge is 2.37. The van der Waals surface area contributed by atoms with E-state index in [2.05, 4.69) is 29.6 Å². The van der Waals surface area contributed by atoms with Gasteiger partial charge in [0.25, 0.3) is 0 Å². The summed E-state index contributed by atoms with van der Waals surface area (Å²) in [4.78, 5) is 38.5. The standard InChI is InChI=1S/C27H32N2O5/c1-3-8-18(13-25(30)29-14-17(2)23(15-29)26(31)32)28-27(33)34-16-24-21-11-6-4-9-19(21)20-10-5-7-12-22(20)24/h4-7,9-12,17-18,23-24H,3,8,13-16H2,1-2H3,(H,28,33)(H,31,32)/t17-,18+,23-/m0/s1. The Labute approximate surface area is 200 Å². The maximum Gasteiger partial charge on any atom is 0.407 e. The molecule has 2 amide bonds. The number of hydrogen-bond acceptors (Lipinski definition) is 4. The van der Waals surface area contributed by atoms with Crippen molar-refractivity contribution in [2.45, 2.75) is 45.1 Å². The molecular formula is C27H32N2O5. The number of carboxylic acids is 1. The molecule has 0 spiro atoms. The average Bonchev–Trinajstić information content (AvgIpc) is 3.36. The van der Waals surface area contributed by atoms with Gasteiger partial charge in [-0.25, -0.2) is 4.79 Å². The highest BCUT2D eigenvalue weighted by molar-refractivity contribution is 5.81. The molecule has 3 atom stereocenters. The van der Waals surface area contributed by atoms with Crippen LogP contribution in [0.1, 0.15) is 50.2 Å². The van der Waals surface area contributed by atoms with Crippen LogP contribution in [0.3, 0.4) is 0 Å². The molecule has 2 aliphatic rings. The number of fused-ring (bicyclic) bond motifs is 3. The lowest BCUT2D eigenvalue weighted by atomic mass is 9.98. The Hall–Kier alpha value is -3.35. The minimum absolute atomic E-state index is 0.0246. The molecule has 1 heterocycles. The lowest BCUT2D eigenvalue weighted by Crippen LogP contribution is -2.41. The van der Waals surface area contributed by atoms with E-state index in [4.69, 9.17) is 4.74 Å². The molecule has 1 aliphatic carbocycles. The van der Waals surface area contributed by atoms with E-state index in [-0.39, 0.29) is 43.4 Å². The Morgan fingerprint density at radius 2 is 1.68 bits per heavy atom. The summed E-state index contributed by atoms with van der Waals surface area (Å²) in [5.74, 6) is -1.65. The second kappa shape index (κ2) is 10.3. The predicted molar refractivity (Wildman–Crippen MR) is 128 cm³/mol. The highest BCUT2D eigenvalue weighted by Crippen LogP contribution is 2.44. The van der Waals surface area contributed by atoms with Crippen molar-refractivity contribution in [1.82, 2.24) is 10.2 Å². The smallest absolute Gasteiger partial charge is 0.407 e. The van der Waals surface area contributed by atoms with Crippen LogP contribution < -0.4 is 5.32 Å². The number of benzene rings is 2. The summed E-state index contributed by atoms with van der Waals surface area (Å²) in [5, 5.41) is 12.2. The number of nitrogens with one attached hydrogen (secondary N) is 1. The molecule has 4 rings (SSSR count). The topological polar surface area (TPSA) is 95.9 Å². The van der Waals surface area contributed by atoms with Gasteiger partial charge in [0.1, 0.15) is 6.61 Å². The van der Waals surface area contributed by atoms with Crippen molar-refractivity contribution < 1.29 is 24.2 Å². The van der Waals surface area contributed by atoms with E-state index in [0.717, 1.165) is 17.5 Å². The third-order valence-electron chi connectivity index (χ3n) is 7.01. The zero-order valence-electron chi connectivity index (χ0n) is 19.7. The summed E-state index contributed by atoms with van der Waals surface area (Å²) in [6.45, 7) is 4.72. The molecule has 7 nitrogen and oxygen atoms in total. The van der Waals surface area contributed by atoms with Crippen LogP contribution >= 0.6 is 0 Å². The molecule has 1 aliphatic heterocycles. The van der Waals surface area contributed by atoms with Gasteiger partial charge in [-0.2, -0.15) is 0 Å². The third-order valence-corrected chi connectivity index (χ3v) is 7.01. The summed E-state index contributed by atoms with van der Waals surface area (Å²) < 4.78 is 5.64. The summed E-state index contributed by atoms with van der Waals surface area (Å²) in [7, 11) is 0. The molecule has 0 aromatic heterocycles. The number of carbonyl (C=O) groups is 3. The molecule has 0 bridgehead atoms. The third kappa shape index (κ3) is 4.93. The Morgan fingerprint density at radius 3 is 2.24 bits per heavy atom. The van der Waals surface area contributed by atoms with Crippen molar-refractivity contribution in [2.75, 3.05) is 19.7 Å². The number of alkyl carbamates (subject to hydrolysis) is 1. The number of amides is 2. The summed E-state index contributed by atoms with van der Waals surface area (Å²) in [6.07, 6.45) is 1.04. The maximum absolute atomic E-state index is 12.8. The normalized spacial score (nSPS) is 19.9. The Bertz CT molecular complexity index is 1020. The van der Waals surface area contributed by atoms with Gasteiger partial charge in [0.05, 0.1) is 5.92 Å². The number of likely N-dealkylation sites (tertiary alicyclic amines) is 1.